The lowest BCUT2D eigenvalue weighted by atomic mass is 10.0. The molecule has 0 saturated heterocycles. The molecule has 0 atom stereocenters. The van der Waals surface area contributed by atoms with Crippen LogP contribution in [0.5, 0.6) is 0 Å². The van der Waals surface area contributed by atoms with Crippen molar-refractivity contribution in [3.05, 3.63) is 5.69 Å². The molecule has 0 amide bonds. The average molecular weight is 248 g/mol. The van der Waals surface area contributed by atoms with Crippen LogP contribution in [0.1, 0.15) is 51.1 Å². The van der Waals surface area contributed by atoms with E-state index in [-0.39, 0.29) is 0 Å². The molecule has 2 aliphatic rings. The van der Waals surface area contributed by atoms with Crippen molar-refractivity contribution in [2.24, 2.45) is 18.4 Å². The number of hydrogen-bond donors (Lipinski definition) is 2. The lowest BCUT2D eigenvalue weighted by Gasteiger charge is -2.16. The first-order valence-corrected chi connectivity index (χ1v) is 7.10. The second-order valence-electron chi connectivity index (χ2n) is 6.42. The minimum absolute atomic E-state index is 0.380. The highest BCUT2D eigenvalue weighted by Gasteiger charge is 2.53. The molecule has 4 heteroatoms. The van der Waals surface area contributed by atoms with Crippen LogP contribution in [0.3, 0.4) is 0 Å². The number of nitrogens with zero attached hydrogens (tertiary/aromatic N) is 2. The Morgan fingerprint density at radius 1 is 1.44 bits per heavy atom. The maximum atomic E-state index is 6.20. The van der Waals surface area contributed by atoms with Crippen molar-refractivity contribution in [3.8, 4) is 0 Å². The quantitative estimate of drug-likeness (QED) is 0.842. The van der Waals surface area contributed by atoms with Crippen molar-refractivity contribution in [2.75, 3.05) is 17.6 Å². The van der Waals surface area contributed by atoms with Crippen molar-refractivity contribution < 1.29 is 0 Å². The van der Waals surface area contributed by atoms with E-state index in [0.29, 0.717) is 11.3 Å². The summed E-state index contributed by atoms with van der Waals surface area (Å²) in [5.41, 5.74) is 8.64. The molecule has 0 unspecified atom stereocenters. The van der Waals surface area contributed by atoms with Gasteiger partial charge in [-0.15, -0.1) is 0 Å². The number of nitrogens with two attached hydrogens (primary N) is 1. The summed E-state index contributed by atoms with van der Waals surface area (Å²) in [4.78, 5) is 0. The van der Waals surface area contributed by atoms with Gasteiger partial charge in [0.15, 0.2) is 0 Å². The van der Waals surface area contributed by atoms with Crippen LogP contribution < -0.4 is 11.1 Å². The summed E-state index contributed by atoms with van der Waals surface area (Å²) in [6.07, 6.45) is 5.64. The maximum Gasteiger partial charge on any atom is 0.147 e. The fourth-order valence-electron chi connectivity index (χ4n) is 3.04. The third-order valence-corrected chi connectivity index (χ3v) is 4.60. The smallest absolute Gasteiger partial charge is 0.147 e. The van der Waals surface area contributed by atoms with Crippen LogP contribution in [0.4, 0.5) is 11.5 Å². The van der Waals surface area contributed by atoms with Gasteiger partial charge in [0, 0.05) is 13.6 Å². The molecule has 1 aromatic heterocycles. The van der Waals surface area contributed by atoms with Crippen LogP contribution in [0.2, 0.25) is 0 Å². The van der Waals surface area contributed by atoms with Gasteiger partial charge >= 0.3 is 0 Å². The van der Waals surface area contributed by atoms with Gasteiger partial charge in [-0.05, 0) is 42.9 Å². The normalized spacial score (nSPS) is 21.3. The van der Waals surface area contributed by atoms with Gasteiger partial charge in [0.25, 0.3) is 0 Å². The third-order valence-electron chi connectivity index (χ3n) is 4.60. The van der Waals surface area contributed by atoms with Crippen LogP contribution in [0.15, 0.2) is 0 Å². The number of aryl methyl sites for hydroxylation is 1. The molecule has 0 bridgehead atoms. The summed E-state index contributed by atoms with van der Waals surface area (Å²) in [5, 5.41) is 8.08. The maximum absolute atomic E-state index is 6.20. The second-order valence-corrected chi connectivity index (χ2v) is 6.42. The molecule has 1 aromatic rings. The largest absolute Gasteiger partial charge is 0.394 e. The molecule has 0 aromatic carbocycles. The van der Waals surface area contributed by atoms with E-state index in [1.807, 2.05) is 11.7 Å². The lowest BCUT2D eigenvalue weighted by molar-refractivity contribution is 0.465. The fourth-order valence-corrected chi connectivity index (χ4v) is 3.04. The van der Waals surface area contributed by atoms with E-state index in [4.69, 9.17) is 5.73 Å². The molecule has 2 fully saturated rings. The monoisotopic (exact) mass is 248 g/mol. The standard InChI is InChI=1S/C14H24N4/c1-9(2)12-11(15)13(18(3)17-12)16-8-14(6-7-14)10-4-5-10/h9-10,16H,4-8,15H2,1-3H3. The van der Waals surface area contributed by atoms with Gasteiger partial charge in [0.2, 0.25) is 0 Å². The van der Waals surface area contributed by atoms with E-state index >= 15 is 0 Å². The summed E-state index contributed by atoms with van der Waals surface area (Å²) in [6.45, 7) is 5.34. The highest BCUT2D eigenvalue weighted by Crippen LogP contribution is 2.61. The molecule has 4 nitrogen and oxygen atoms in total. The van der Waals surface area contributed by atoms with E-state index in [1.54, 1.807) is 0 Å². The number of nitrogens with one attached hydrogen (secondary N) is 1. The molecule has 0 radical (unpaired) electrons. The number of anilines is 2. The third kappa shape index (κ3) is 1.88. The number of aromatic nitrogens is 2. The molecule has 100 valence electrons. The van der Waals surface area contributed by atoms with Crippen LogP contribution in [-0.2, 0) is 7.05 Å². The van der Waals surface area contributed by atoms with E-state index < -0.39 is 0 Å². The predicted molar refractivity (Wildman–Crippen MR) is 74.6 cm³/mol. The van der Waals surface area contributed by atoms with Crippen molar-refractivity contribution in [1.82, 2.24) is 9.78 Å². The zero-order chi connectivity index (χ0) is 12.9. The van der Waals surface area contributed by atoms with Gasteiger partial charge in [-0.1, -0.05) is 13.8 Å². The first-order valence-electron chi connectivity index (χ1n) is 7.10. The van der Waals surface area contributed by atoms with Gasteiger partial charge in [-0.2, -0.15) is 5.10 Å². The molecule has 0 aliphatic heterocycles. The number of hydrogen-bond acceptors (Lipinski definition) is 3. The van der Waals surface area contributed by atoms with Crippen molar-refractivity contribution in [3.63, 3.8) is 0 Å². The van der Waals surface area contributed by atoms with E-state index in [2.05, 4.69) is 24.3 Å². The van der Waals surface area contributed by atoms with Crippen molar-refractivity contribution in [2.45, 2.75) is 45.4 Å². The second kappa shape index (κ2) is 3.90. The van der Waals surface area contributed by atoms with Gasteiger partial charge in [0.05, 0.1) is 11.4 Å². The van der Waals surface area contributed by atoms with E-state index in [9.17, 15) is 0 Å². The first kappa shape index (κ1) is 11.9. The molecule has 2 aliphatic carbocycles. The Balaban J connectivity index is 1.72. The summed E-state index contributed by atoms with van der Waals surface area (Å²) in [6, 6.07) is 0. The van der Waals surface area contributed by atoms with Crippen LogP contribution in [-0.4, -0.2) is 16.3 Å². The van der Waals surface area contributed by atoms with Gasteiger partial charge in [-0.3, -0.25) is 4.68 Å². The van der Waals surface area contributed by atoms with Crippen LogP contribution in [0, 0.1) is 11.3 Å². The Bertz CT molecular complexity index is 453. The van der Waals surface area contributed by atoms with Crippen molar-refractivity contribution in [1.29, 1.82) is 0 Å². The fraction of sp³-hybridized carbons (Fsp3) is 0.786. The topological polar surface area (TPSA) is 55.9 Å². The van der Waals surface area contributed by atoms with Gasteiger partial charge in [-0.25, -0.2) is 0 Å². The zero-order valence-corrected chi connectivity index (χ0v) is 11.7. The molecule has 3 N–H and O–H groups in total. The van der Waals surface area contributed by atoms with E-state index in [1.165, 1.54) is 25.7 Å². The van der Waals surface area contributed by atoms with Gasteiger partial charge in [0.1, 0.15) is 5.82 Å². The van der Waals surface area contributed by atoms with E-state index in [0.717, 1.165) is 29.7 Å². The summed E-state index contributed by atoms with van der Waals surface area (Å²) >= 11 is 0. The molecule has 1 heterocycles. The number of nitrogen functional groups attached to an aromatic ring is 1. The zero-order valence-electron chi connectivity index (χ0n) is 11.7. The minimum Gasteiger partial charge on any atom is -0.394 e. The Kier molecular flexibility index (Phi) is 2.57. The molecular formula is C14H24N4. The average Bonchev–Trinajstić information content (AvgIpc) is 3.17. The first-order chi connectivity index (χ1) is 8.53. The highest BCUT2D eigenvalue weighted by molar-refractivity contribution is 5.65. The summed E-state index contributed by atoms with van der Waals surface area (Å²) in [5.74, 6) is 2.36. The minimum atomic E-state index is 0.380. The molecule has 18 heavy (non-hydrogen) atoms. The summed E-state index contributed by atoms with van der Waals surface area (Å²) in [7, 11) is 1.97. The highest BCUT2D eigenvalue weighted by atomic mass is 15.3. The predicted octanol–water partition coefficient (Wildman–Crippen LogP) is 2.73. The molecular weight excluding hydrogens is 224 g/mol. The van der Waals surface area contributed by atoms with Crippen LogP contribution in [0.25, 0.3) is 0 Å². The molecule has 3 rings (SSSR count). The molecule has 2 saturated carbocycles. The Morgan fingerprint density at radius 3 is 2.56 bits per heavy atom. The lowest BCUT2D eigenvalue weighted by Crippen LogP contribution is -2.19. The molecule has 0 spiro atoms. The Labute approximate surface area is 109 Å². The SMILES string of the molecule is CC(C)c1nn(C)c(NCC2(C3CC3)CC2)c1N. The van der Waals surface area contributed by atoms with Gasteiger partial charge < -0.3 is 11.1 Å². The number of rotatable bonds is 5. The van der Waals surface area contributed by atoms with Crippen LogP contribution >= 0.6 is 0 Å². The van der Waals surface area contributed by atoms with Crippen molar-refractivity contribution >= 4 is 11.5 Å². The Hall–Kier alpha value is -1.19. The summed E-state index contributed by atoms with van der Waals surface area (Å²) < 4.78 is 1.90. The Morgan fingerprint density at radius 2 is 2.11 bits per heavy atom.